The second-order valence-electron chi connectivity index (χ2n) is 0. The molecule has 0 aromatic rings. The van der Waals surface area contributed by atoms with E-state index in [9.17, 15) is 0 Å². The maximum absolute atomic E-state index is 0. The van der Waals surface area contributed by atoms with Crippen LogP contribution in [-0.4, -0.2) is 75.5 Å². The molecule has 0 N–H and O–H groups in total. The van der Waals surface area contributed by atoms with Crippen LogP contribution in [0.4, 0.5) is 0 Å². The minimum absolute atomic E-state index is 0. The van der Waals surface area contributed by atoms with Crippen LogP contribution in [0.1, 0.15) is 0 Å². The van der Waals surface area contributed by atoms with Crippen molar-refractivity contribution < 1.29 is 9.41 Å². The molecule has 4 heteroatoms. The van der Waals surface area contributed by atoms with Crippen LogP contribution in [0.25, 0.3) is 0 Å². The van der Waals surface area contributed by atoms with Gasteiger partial charge < -0.3 is 9.41 Å². The Hall–Kier alpha value is 2.38. The second kappa shape index (κ2) is 18.2. The van der Waals surface area contributed by atoms with Gasteiger partial charge in [-0.2, -0.15) is 0 Å². The average Bonchev–Trinajstić information content (AvgIpc) is 0. The van der Waals surface area contributed by atoms with Gasteiger partial charge in [0.05, 0.1) is 0 Å². The Labute approximate surface area is 83.1 Å². The first-order valence-electron chi connectivity index (χ1n) is 0. The van der Waals surface area contributed by atoms with Crippen molar-refractivity contribution in [3.05, 3.63) is 0 Å². The van der Waals surface area contributed by atoms with E-state index in [-0.39, 0.29) is 84.9 Å². The van der Waals surface area contributed by atoms with Crippen molar-refractivity contribution in [3.63, 3.8) is 0 Å². The van der Waals surface area contributed by atoms with Gasteiger partial charge in [0.2, 0.25) is 0 Å². The summed E-state index contributed by atoms with van der Waals surface area (Å²) in [6.45, 7) is 0. The third-order valence-corrected chi connectivity index (χ3v) is 0. The molecule has 0 unspecified atom stereocenters. The van der Waals surface area contributed by atoms with Crippen LogP contribution < -0.4 is 9.41 Å². The van der Waals surface area contributed by atoms with E-state index in [1.54, 1.807) is 0 Å². The molecule has 0 saturated heterocycles. The molecule has 0 bridgehead atoms. The fourth-order valence-corrected chi connectivity index (χ4v) is 0. The molecular formula is H2Ca2F2. The molecule has 0 aliphatic rings. The molecule has 0 heterocycles. The van der Waals surface area contributed by atoms with Crippen LogP contribution in [0.2, 0.25) is 0 Å². The third-order valence-electron chi connectivity index (χ3n) is 0. The number of rotatable bonds is 0. The minimum Gasteiger partial charge on any atom is -1.00 e. The largest absolute Gasteiger partial charge is 1.00 e. The molecule has 0 spiro atoms. The summed E-state index contributed by atoms with van der Waals surface area (Å²) in [6, 6.07) is 0. The molecular weight excluding hydrogens is 118 g/mol. The molecule has 0 radical (unpaired) electrons. The monoisotopic (exact) mass is 120 g/mol. The average molecular weight is 120 g/mol. The summed E-state index contributed by atoms with van der Waals surface area (Å²) in [5, 5.41) is 0. The van der Waals surface area contributed by atoms with Crippen molar-refractivity contribution in [1.82, 2.24) is 0 Å². The van der Waals surface area contributed by atoms with Gasteiger partial charge in [0, 0.05) is 0 Å². The molecule has 0 saturated carbocycles. The van der Waals surface area contributed by atoms with E-state index in [2.05, 4.69) is 0 Å². The number of halogens is 2. The van der Waals surface area contributed by atoms with E-state index in [1.807, 2.05) is 0 Å². The van der Waals surface area contributed by atoms with E-state index in [1.165, 1.54) is 0 Å². The first kappa shape index (κ1) is 32.6. The van der Waals surface area contributed by atoms with Crippen molar-refractivity contribution in [3.8, 4) is 0 Å². The fourth-order valence-electron chi connectivity index (χ4n) is 0. The third kappa shape index (κ3) is 8.83. The van der Waals surface area contributed by atoms with E-state index in [0.29, 0.717) is 0 Å². The predicted molar refractivity (Wildman–Crippen MR) is 14.3 cm³/mol. The summed E-state index contributed by atoms with van der Waals surface area (Å²) in [7, 11) is 0. The van der Waals surface area contributed by atoms with Crippen molar-refractivity contribution in [2.24, 2.45) is 0 Å². The van der Waals surface area contributed by atoms with Crippen LogP contribution in [0, 0.1) is 0 Å². The Morgan fingerprint density at radius 2 is 0.750 bits per heavy atom. The Bertz CT molecular complexity index is 4.00. The zero-order valence-electron chi connectivity index (χ0n) is 1.46. The van der Waals surface area contributed by atoms with E-state index < -0.39 is 0 Å². The van der Waals surface area contributed by atoms with Gasteiger partial charge in [-0.15, -0.1) is 0 Å². The molecule has 0 aliphatic heterocycles. The second-order valence-corrected chi connectivity index (χ2v) is 0. The molecule has 0 fully saturated rings. The summed E-state index contributed by atoms with van der Waals surface area (Å²) in [4.78, 5) is 0. The minimum atomic E-state index is 0. The number of hydrogen-bond acceptors (Lipinski definition) is 0. The molecule has 0 rings (SSSR count). The summed E-state index contributed by atoms with van der Waals surface area (Å²) >= 11 is 0. The van der Waals surface area contributed by atoms with Crippen LogP contribution >= 0.6 is 0 Å². The first-order chi connectivity index (χ1) is 0. The van der Waals surface area contributed by atoms with Gasteiger partial charge in [-0.3, -0.25) is 0 Å². The van der Waals surface area contributed by atoms with Crippen molar-refractivity contribution in [1.29, 1.82) is 0 Å². The normalized spacial score (nSPS) is 0. The van der Waals surface area contributed by atoms with Crippen LogP contribution in [0.3, 0.4) is 0 Å². The van der Waals surface area contributed by atoms with Crippen LogP contribution in [-0.2, 0) is 0 Å². The maximum atomic E-state index is 0. The van der Waals surface area contributed by atoms with Gasteiger partial charge in [-0.05, 0) is 0 Å². The van der Waals surface area contributed by atoms with Crippen molar-refractivity contribution in [2.45, 2.75) is 0 Å². The van der Waals surface area contributed by atoms with E-state index in [4.69, 9.17) is 0 Å². The van der Waals surface area contributed by atoms with Gasteiger partial charge in [-0.1, -0.05) is 0 Å². The fraction of sp³-hybridized carbons (Fsp3) is 0. The molecule has 0 atom stereocenters. The SMILES string of the molecule is [Ca+2].[CaH2].[F-].[F-]. The maximum Gasteiger partial charge on any atom is -1.00 e. The molecule has 0 aromatic carbocycles. The molecule has 0 nitrogen and oxygen atoms in total. The van der Waals surface area contributed by atoms with Gasteiger partial charge in [0.15, 0.2) is 0 Å². The summed E-state index contributed by atoms with van der Waals surface area (Å²) in [5.41, 5.74) is 0. The Morgan fingerprint density at radius 1 is 0.750 bits per heavy atom. The van der Waals surface area contributed by atoms with Crippen LogP contribution in [0.5, 0.6) is 0 Å². The summed E-state index contributed by atoms with van der Waals surface area (Å²) in [6.07, 6.45) is 0. The zero-order chi connectivity index (χ0) is 0. The van der Waals surface area contributed by atoms with Gasteiger partial charge in [0.1, 0.15) is 0 Å². The Kier molecular flexibility index (Phi) is 149. The van der Waals surface area contributed by atoms with Crippen LogP contribution in [0.15, 0.2) is 0 Å². The van der Waals surface area contributed by atoms with Gasteiger partial charge in [0.25, 0.3) is 0 Å². The summed E-state index contributed by atoms with van der Waals surface area (Å²) in [5.74, 6) is 0. The quantitative estimate of drug-likeness (QED) is 0.279. The summed E-state index contributed by atoms with van der Waals surface area (Å²) < 4.78 is 0. The number of hydrogen-bond donors (Lipinski definition) is 0. The van der Waals surface area contributed by atoms with E-state index in [0.717, 1.165) is 0 Å². The molecule has 0 amide bonds. The van der Waals surface area contributed by atoms with Crippen molar-refractivity contribution in [2.75, 3.05) is 0 Å². The van der Waals surface area contributed by atoms with Crippen molar-refractivity contribution >= 4 is 75.5 Å². The smallest absolute Gasteiger partial charge is 1.00 e. The van der Waals surface area contributed by atoms with E-state index >= 15 is 0 Å². The standard InChI is InChI=1S/2Ca.2FH.2H/h;;2*1H;;/q;+2;;;;/p-2. The topological polar surface area (TPSA) is 0 Å². The van der Waals surface area contributed by atoms with Gasteiger partial charge in [-0.25, -0.2) is 0 Å². The molecule has 0 aliphatic carbocycles. The first-order valence-corrected chi connectivity index (χ1v) is 0. The zero-order valence-corrected chi connectivity index (χ0v) is 3.67. The Balaban J connectivity index is 0. The molecule has 4 heavy (non-hydrogen) atoms. The van der Waals surface area contributed by atoms with Gasteiger partial charge >= 0.3 is 75.5 Å². The molecule has 20 valence electrons. The predicted octanol–water partition coefficient (Wildman–Crippen LogP) is -7.29. The molecule has 0 aromatic heterocycles. The Morgan fingerprint density at radius 3 is 0.750 bits per heavy atom.